The zero-order valence-electron chi connectivity index (χ0n) is 17.0. The van der Waals surface area contributed by atoms with Gasteiger partial charge in [-0.2, -0.15) is 0 Å². The molecule has 3 rings (SSSR count). The Labute approximate surface area is 174 Å². The third-order valence-electron chi connectivity index (χ3n) is 5.97. The lowest BCUT2D eigenvalue weighted by molar-refractivity contribution is -0.122. The number of hydrogen-bond acceptors (Lipinski definition) is 2. The average molecular weight is 401 g/mol. The quantitative estimate of drug-likeness (QED) is 0.640. The Kier molecular flexibility index (Phi) is 8.17. The maximum Gasteiger partial charge on any atom is 0.220 e. The van der Waals surface area contributed by atoms with E-state index in [1.54, 1.807) is 0 Å². The molecule has 2 aliphatic rings. The molecule has 3 nitrogen and oxygen atoms in total. The number of aryl methyl sites for hydroxylation is 1. The minimum absolute atomic E-state index is 0.0947. The molecule has 0 saturated carbocycles. The lowest BCUT2D eigenvalue weighted by Crippen LogP contribution is -2.36. The molecule has 0 radical (unpaired) electrons. The summed E-state index contributed by atoms with van der Waals surface area (Å²) in [6.07, 6.45) is 10.4. The molecule has 0 aromatic heterocycles. The summed E-state index contributed by atoms with van der Waals surface area (Å²) in [7, 11) is 0. The topological polar surface area (TPSA) is 32.3 Å². The van der Waals surface area contributed by atoms with E-state index < -0.39 is 0 Å². The third kappa shape index (κ3) is 6.79. The largest absolute Gasteiger partial charge is 0.352 e. The second-order valence-electron chi connectivity index (χ2n) is 8.19. The first-order valence-corrected chi connectivity index (χ1v) is 11.1. The van der Waals surface area contributed by atoms with E-state index in [4.69, 9.17) is 11.6 Å². The molecule has 1 heterocycles. The van der Waals surface area contributed by atoms with Gasteiger partial charge in [0, 0.05) is 13.0 Å². The van der Waals surface area contributed by atoms with Gasteiger partial charge in [0.05, 0.1) is 5.38 Å². The predicted octanol–water partition coefficient (Wildman–Crippen LogP) is 4.72. The fourth-order valence-electron chi connectivity index (χ4n) is 4.17. The molecule has 1 unspecified atom stereocenters. The monoisotopic (exact) mass is 400 g/mol. The molecule has 1 aliphatic carbocycles. The van der Waals surface area contributed by atoms with Gasteiger partial charge in [0.2, 0.25) is 5.91 Å². The highest BCUT2D eigenvalue weighted by atomic mass is 35.5. The minimum Gasteiger partial charge on any atom is -0.352 e. The molecule has 4 heteroatoms. The summed E-state index contributed by atoms with van der Waals surface area (Å²) in [4.78, 5) is 14.9. The van der Waals surface area contributed by atoms with Crippen LogP contribution in [0.15, 0.2) is 53.6 Å². The van der Waals surface area contributed by atoms with E-state index in [-0.39, 0.29) is 11.3 Å². The molecule has 1 atom stereocenters. The maximum atomic E-state index is 12.3. The van der Waals surface area contributed by atoms with Gasteiger partial charge < -0.3 is 10.2 Å². The van der Waals surface area contributed by atoms with E-state index in [0.29, 0.717) is 18.9 Å². The molecular weight excluding hydrogens is 368 g/mol. The molecular formula is C24H33ClN2O. The number of amides is 1. The second-order valence-corrected chi connectivity index (χ2v) is 8.75. The van der Waals surface area contributed by atoms with Crippen molar-refractivity contribution in [3.05, 3.63) is 59.2 Å². The van der Waals surface area contributed by atoms with Crippen LogP contribution in [-0.4, -0.2) is 42.4 Å². The first kappa shape index (κ1) is 21.1. The van der Waals surface area contributed by atoms with Crippen molar-refractivity contribution < 1.29 is 4.79 Å². The molecule has 0 spiro atoms. The van der Waals surface area contributed by atoms with E-state index in [0.717, 1.165) is 45.3 Å². The van der Waals surface area contributed by atoms with E-state index in [1.807, 2.05) is 0 Å². The molecule has 1 fully saturated rings. The lowest BCUT2D eigenvalue weighted by atomic mass is 9.92. The second kappa shape index (κ2) is 10.8. The van der Waals surface area contributed by atoms with Crippen LogP contribution in [0.2, 0.25) is 0 Å². The van der Waals surface area contributed by atoms with Crippen molar-refractivity contribution in [2.24, 2.45) is 5.92 Å². The van der Waals surface area contributed by atoms with Gasteiger partial charge in [0.15, 0.2) is 0 Å². The van der Waals surface area contributed by atoms with Crippen LogP contribution in [0.5, 0.6) is 0 Å². The van der Waals surface area contributed by atoms with Crippen LogP contribution >= 0.6 is 11.6 Å². The zero-order valence-corrected chi connectivity index (χ0v) is 17.8. The van der Waals surface area contributed by atoms with Gasteiger partial charge >= 0.3 is 0 Å². The van der Waals surface area contributed by atoms with E-state index in [2.05, 4.69) is 59.6 Å². The van der Waals surface area contributed by atoms with Gasteiger partial charge in [-0.05, 0) is 81.3 Å². The number of benzene rings is 1. The van der Waals surface area contributed by atoms with Crippen LogP contribution in [0.1, 0.15) is 44.6 Å². The summed E-state index contributed by atoms with van der Waals surface area (Å²) in [5, 5.41) is 3.20. The number of carbonyl (C=O) groups excluding carboxylic acids is 1. The van der Waals surface area contributed by atoms with Gasteiger partial charge in [-0.25, -0.2) is 0 Å². The summed E-state index contributed by atoms with van der Waals surface area (Å²) >= 11 is 6.13. The van der Waals surface area contributed by atoms with Crippen molar-refractivity contribution in [2.45, 2.75) is 50.8 Å². The van der Waals surface area contributed by atoms with Crippen LogP contribution in [0.4, 0.5) is 0 Å². The van der Waals surface area contributed by atoms with E-state index in [1.165, 1.54) is 23.1 Å². The van der Waals surface area contributed by atoms with Crippen LogP contribution in [0.25, 0.3) is 0 Å². The summed E-state index contributed by atoms with van der Waals surface area (Å²) in [6.45, 7) is 6.10. The molecule has 1 saturated heterocycles. The molecule has 28 heavy (non-hydrogen) atoms. The minimum atomic E-state index is 0.0947. The number of likely N-dealkylation sites (tertiary alicyclic amines) is 1. The third-order valence-corrected chi connectivity index (χ3v) is 6.27. The Morgan fingerprint density at radius 2 is 1.96 bits per heavy atom. The number of allylic oxidation sites excluding steroid dienone is 2. The number of halogens is 1. The molecule has 1 amide bonds. The Bertz CT molecular complexity index is 690. The Morgan fingerprint density at radius 1 is 1.21 bits per heavy atom. The van der Waals surface area contributed by atoms with Gasteiger partial charge in [-0.1, -0.05) is 42.5 Å². The number of carbonyl (C=O) groups is 1. The number of nitrogens with zero attached hydrogens (tertiary/aromatic N) is 1. The first-order chi connectivity index (χ1) is 13.6. The highest BCUT2D eigenvalue weighted by Gasteiger charge is 2.21. The maximum absolute atomic E-state index is 12.3. The zero-order chi connectivity index (χ0) is 19.8. The van der Waals surface area contributed by atoms with Crippen molar-refractivity contribution in [1.29, 1.82) is 0 Å². The SMILES string of the molecule is CC1=CC(Cl)CC=C1CNC(=O)CC1CCN(CCCc2ccccc2)CC1. The summed E-state index contributed by atoms with van der Waals surface area (Å²) < 4.78 is 0. The van der Waals surface area contributed by atoms with Crippen molar-refractivity contribution in [3.63, 3.8) is 0 Å². The number of hydrogen-bond donors (Lipinski definition) is 1. The molecule has 1 aromatic carbocycles. The summed E-state index contributed by atoms with van der Waals surface area (Å²) in [5.74, 6) is 0.707. The standard InChI is InChI=1S/C24H33ClN2O/c1-19-16-23(25)10-9-22(19)18-26-24(28)17-21-11-14-27(15-12-21)13-5-8-20-6-3-2-4-7-20/h2-4,6-7,9,16,21,23H,5,8,10-15,17-18H2,1H3,(H,26,28). The van der Waals surface area contributed by atoms with Gasteiger partial charge in [-0.3, -0.25) is 4.79 Å². The van der Waals surface area contributed by atoms with Gasteiger partial charge in [0.1, 0.15) is 0 Å². The number of rotatable bonds is 8. The molecule has 152 valence electrons. The predicted molar refractivity (Wildman–Crippen MR) is 118 cm³/mol. The summed E-state index contributed by atoms with van der Waals surface area (Å²) in [5.41, 5.74) is 3.82. The van der Waals surface area contributed by atoms with Crippen LogP contribution < -0.4 is 5.32 Å². The number of piperidine rings is 1. The Balaban J connectivity index is 1.29. The summed E-state index contributed by atoms with van der Waals surface area (Å²) in [6, 6.07) is 10.7. The average Bonchev–Trinajstić information content (AvgIpc) is 2.69. The van der Waals surface area contributed by atoms with Crippen LogP contribution in [0, 0.1) is 5.92 Å². The number of nitrogens with one attached hydrogen (secondary N) is 1. The van der Waals surface area contributed by atoms with E-state index >= 15 is 0 Å². The molecule has 1 aliphatic heterocycles. The Hall–Kier alpha value is -1.58. The van der Waals surface area contributed by atoms with E-state index in [9.17, 15) is 4.79 Å². The highest BCUT2D eigenvalue weighted by molar-refractivity contribution is 6.22. The fraction of sp³-hybridized carbons (Fsp3) is 0.542. The van der Waals surface area contributed by atoms with Crippen molar-refractivity contribution in [1.82, 2.24) is 10.2 Å². The van der Waals surface area contributed by atoms with Crippen molar-refractivity contribution in [2.75, 3.05) is 26.2 Å². The molecule has 1 aromatic rings. The molecule has 0 bridgehead atoms. The fourth-order valence-corrected chi connectivity index (χ4v) is 4.45. The molecule has 1 N–H and O–H groups in total. The van der Waals surface area contributed by atoms with Crippen molar-refractivity contribution in [3.8, 4) is 0 Å². The smallest absolute Gasteiger partial charge is 0.220 e. The first-order valence-electron chi connectivity index (χ1n) is 10.6. The highest BCUT2D eigenvalue weighted by Crippen LogP contribution is 2.23. The normalized spacial score (nSPS) is 21.1. The lowest BCUT2D eigenvalue weighted by Gasteiger charge is -2.31. The van der Waals surface area contributed by atoms with Crippen molar-refractivity contribution >= 4 is 17.5 Å². The van der Waals surface area contributed by atoms with Gasteiger partial charge in [-0.15, -0.1) is 11.6 Å². The Morgan fingerprint density at radius 3 is 2.68 bits per heavy atom. The van der Waals surface area contributed by atoms with Crippen LogP contribution in [0.3, 0.4) is 0 Å². The number of alkyl halides is 1. The van der Waals surface area contributed by atoms with Crippen LogP contribution in [-0.2, 0) is 11.2 Å². The van der Waals surface area contributed by atoms with Gasteiger partial charge in [0.25, 0.3) is 0 Å².